The lowest BCUT2D eigenvalue weighted by molar-refractivity contribution is 0.0858. The van der Waals surface area contributed by atoms with Crippen LogP contribution in [-0.2, 0) is 0 Å². The van der Waals surface area contributed by atoms with Crippen LogP contribution in [0.5, 0.6) is 0 Å². The smallest absolute Gasteiger partial charge is 0.0456 e. The number of hydrogen-bond donors (Lipinski definition) is 1. The summed E-state index contributed by atoms with van der Waals surface area (Å²) < 4.78 is 0. The first-order valence-corrected chi connectivity index (χ1v) is 7.49. The molecule has 1 aliphatic rings. The Kier molecular flexibility index (Phi) is 4.54. The zero-order valence-corrected chi connectivity index (χ0v) is 13.2. The third-order valence-electron chi connectivity index (χ3n) is 3.88. The van der Waals surface area contributed by atoms with E-state index in [2.05, 4.69) is 44.0 Å². The Balaban J connectivity index is 2.43. The molecule has 19 heavy (non-hydrogen) atoms. The molecule has 0 aliphatic carbocycles. The first-order valence-electron chi connectivity index (χ1n) is 7.11. The second-order valence-electron chi connectivity index (χ2n) is 6.52. The van der Waals surface area contributed by atoms with E-state index in [1.165, 1.54) is 11.1 Å². The van der Waals surface area contributed by atoms with Gasteiger partial charge < -0.3 is 5.32 Å². The van der Waals surface area contributed by atoms with E-state index < -0.39 is 0 Å². The minimum Gasteiger partial charge on any atom is -0.314 e. The van der Waals surface area contributed by atoms with Crippen molar-refractivity contribution in [1.29, 1.82) is 0 Å². The first-order chi connectivity index (χ1) is 8.91. The molecule has 0 unspecified atom stereocenters. The van der Waals surface area contributed by atoms with Gasteiger partial charge in [0.2, 0.25) is 0 Å². The number of aryl methyl sites for hydroxylation is 1. The van der Waals surface area contributed by atoms with Crippen LogP contribution in [0.4, 0.5) is 0 Å². The van der Waals surface area contributed by atoms with E-state index in [1.54, 1.807) is 0 Å². The van der Waals surface area contributed by atoms with Crippen molar-refractivity contribution in [2.45, 2.75) is 33.7 Å². The van der Waals surface area contributed by atoms with Crippen molar-refractivity contribution in [3.8, 4) is 0 Å². The lowest BCUT2D eigenvalue weighted by atomic mass is 9.79. The van der Waals surface area contributed by atoms with Gasteiger partial charge in [0.05, 0.1) is 0 Å². The van der Waals surface area contributed by atoms with Crippen LogP contribution in [0.25, 0.3) is 0 Å². The average Bonchev–Trinajstić information content (AvgIpc) is 2.33. The normalized spacial score (nSPS) is 19.4. The Labute approximate surface area is 122 Å². The van der Waals surface area contributed by atoms with Crippen LogP contribution in [0.15, 0.2) is 18.2 Å². The summed E-state index contributed by atoms with van der Waals surface area (Å²) in [4.78, 5) is 2.57. The van der Waals surface area contributed by atoms with Gasteiger partial charge in [0.25, 0.3) is 0 Å². The summed E-state index contributed by atoms with van der Waals surface area (Å²) in [5.74, 6) is 0. The van der Waals surface area contributed by atoms with Gasteiger partial charge in [-0.1, -0.05) is 44.5 Å². The van der Waals surface area contributed by atoms with Crippen molar-refractivity contribution in [2.24, 2.45) is 5.41 Å². The van der Waals surface area contributed by atoms with Crippen LogP contribution in [0.3, 0.4) is 0 Å². The molecule has 0 saturated carbocycles. The van der Waals surface area contributed by atoms with Crippen molar-refractivity contribution >= 4 is 11.6 Å². The van der Waals surface area contributed by atoms with E-state index in [4.69, 9.17) is 11.6 Å². The van der Waals surface area contributed by atoms with E-state index >= 15 is 0 Å². The second kappa shape index (κ2) is 5.82. The van der Waals surface area contributed by atoms with Gasteiger partial charge >= 0.3 is 0 Å². The van der Waals surface area contributed by atoms with Crippen molar-refractivity contribution in [3.63, 3.8) is 0 Å². The molecule has 1 fully saturated rings. The number of nitrogens with one attached hydrogen (secondary N) is 1. The van der Waals surface area contributed by atoms with E-state index in [0.29, 0.717) is 6.04 Å². The maximum atomic E-state index is 6.51. The highest BCUT2D eigenvalue weighted by atomic mass is 35.5. The summed E-state index contributed by atoms with van der Waals surface area (Å²) in [6.45, 7) is 13.4. The number of halogens is 1. The Bertz CT molecular complexity index is 411. The van der Waals surface area contributed by atoms with E-state index in [9.17, 15) is 0 Å². The molecular formula is C16H25ClN2. The SMILES string of the molecule is Cc1cccc(Cl)c1[C@H](N1CCNCC1)C(C)(C)C. The second-order valence-corrected chi connectivity index (χ2v) is 6.93. The van der Waals surface area contributed by atoms with Crippen molar-refractivity contribution in [1.82, 2.24) is 10.2 Å². The zero-order chi connectivity index (χ0) is 14.0. The zero-order valence-electron chi connectivity index (χ0n) is 12.5. The minimum absolute atomic E-state index is 0.174. The van der Waals surface area contributed by atoms with Gasteiger partial charge in [0.15, 0.2) is 0 Å². The van der Waals surface area contributed by atoms with Gasteiger partial charge in [0.1, 0.15) is 0 Å². The average molecular weight is 281 g/mol. The lowest BCUT2D eigenvalue weighted by Crippen LogP contribution is -2.48. The predicted octanol–water partition coefficient (Wildman–Crippen LogP) is 3.64. The van der Waals surface area contributed by atoms with E-state index in [0.717, 1.165) is 31.2 Å². The van der Waals surface area contributed by atoms with E-state index in [1.807, 2.05) is 12.1 Å². The molecule has 0 radical (unpaired) electrons. The molecule has 0 bridgehead atoms. The van der Waals surface area contributed by atoms with Crippen LogP contribution >= 0.6 is 11.6 Å². The Morgan fingerprint density at radius 1 is 1.21 bits per heavy atom. The molecule has 0 spiro atoms. The van der Waals surface area contributed by atoms with Crippen LogP contribution < -0.4 is 5.32 Å². The van der Waals surface area contributed by atoms with Crippen molar-refractivity contribution in [3.05, 3.63) is 34.3 Å². The molecule has 0 amide bonds. The first kappa shape index (κ1) is 14.8. The molecule has 106 valence electrons. The maximum Gasteiger partial charge on any atom is 0.0456 e. The molecule has 0 aromatic heterocycles. The van der Waals surface area contributed by atoms with Crippen LogP contribution in [0.1, 0.15) is 37.9 Å². The molecule has 1 aliphatic heterocycles. The molecule has 1 heterocycles. The third kappa shape index (κ3) is 3.31. The lowest BCUT2D eigenvalue weighted by Gasteiger charge is -2.43. The summed E-state index contributed by atoms with van der Waals surface area (Å²) >= 11 is 6.51. The topological polar surface area (TPSA) is 15.3 Å². The fraction of sp³-hybridized carbons (Fsp3) is 0.625. The third-order valence-corrected chi connectivity index (χ3v) is 4.21. The summed E-state index contributed by atoms with van der Waals surface area (Å²) in [6, 6.07) is 6.61. The number of nitrogens with zero attached hydrogens (tertiary/aromatic N) is 1. The van der Waals surface area contributed by atoms with Gasteiger partial charge in [-0.3, -0.25) is 4.90 Å². The largest absolute Gasteiger partial charge is 0.314 e. The molecule has 1 aromatic carbocycles. The summed E-state index contributed by atoms with van der Waals surface area (Å²) in [5, 5.41) is 4.33. The summed E-state index contributed by atoms with van der Waals surface area (Å²) in [7, 11) is 0. The predicted molar refractivity (Wildman–Crippen MR) is 82.8 cm³/mol. The van der Waals surface area contributed by atoms with E-state index in [-0.39, 0.29) is 5.41 Å². The fourth-order valence-electron chi connectivity index (χ4n) is 3.09. The number of rotatable bonds is 2. The summed E-state index contributed by atoms with van der Waals surface area (Å²) in [5.41, 5.74) is 2.78. The fourth-order valence-corrected chi connectivity index (χ4v) is 3.42. The molecule has 1 atom stereocenters. The Hall–Kier alpha value is -0.570. The van der Waals surface area contributed by atoms with Crippen molar-refractivity contribution < 1.29 is 0 Å². The number of benzene rings is 1. The minimum atomic E-state index is 0.174. The highest BCUT2D eigenvalue weighted by Gasteiger charge is 2.34. The highest BCUT2D eigenvalue weighted by Crippen LogP contribution is 2.42. The monoisotopic (exact) mass is 280 g/mol. The standard InChI is InChI=1S/C16H25ClN2/c1-12-6-5-7-13(17)14(12)15(16(2,3)4)19-10-8-18-9-11-19/h5-7,15,18H,8-11H2,1-4H3/t15-/m0/s1. The van der Waals surface area contributed by atoms with Gasteiger partial charge in [0, 0.05) is 37.2 Å². The maximum absolute atomic E-state index is 6.51. The molecule has 1 saturated heterocycles. The van der Waals surface area contributed by atoms with Gasteiger partial charge in [-0.25, -0.2) is 0 Å². The van der Waals surface area contributed by atoms with Crippen LogP contribution in [0, 0.1) is 12.3 Å². The van der Waals surface area contributed by atoms with Crippen LogP contribution in [-0.4, -0.2) is 31.1 Å². The highest BCUT2D eigenvalue weighted by molar-refractivity contribution is 6.31. The molecule has 1 N–H and O–H groups in total. The summed E-state index contributed by atoms with van der Waals surface area (Å²) in [6.07, 6.45) is 0. The number of hydrogen-bond acceptors (Lipinski definition) is 2. The number of piperazine rings is 1. The molecule has 2 rings (SSSR count). The quantitative estimate of drug-likeness (QED) is 0.890. The molecule has 2 nitrogen and oxygen atoms in total. The van der Waals surface area contributed by atoms with Gasteiger partial charge in [-0.2, -0.15) is 0 Å². The molecular weight excluding hydrogens is 256 g/mol. The molecule has 3 heteroatoms. The van der Waals surface area contributed by atoms with Crippen molar-refractivity contribution in [2.75, 3.05) is 26.2 Å². The Morgan fingerprint density at radius 3 is 2.37 bits per heavy atom. The van der Waals surface area contributed by atoms with Gasteiger partial charge in [-0.05, 0) is 29.5 Å². The van der Waals surface area contributed by atoms with Gasteiger partial charge in [-0.15, -0.1) is 0 Å². The Morgan fingerprint density at radius 2 is 1.84 bits per heavy atom. The molecule has 1 aromatic rings. The van der Waals surface area contributed by atoms with Crippen LogP contribution in [0.2, 0.25) is 5.02 Å².